The van der Waals surface area contributed by atoms with Crippen molar-refractivity contribution in [2.75, 3.05) is 0 Å². The molecule has 0 atom stereocenters. The summed E-state index contributed by atoms with van der Waals surface area (Å²) in [4.78, 5) is 22.6. The van der Waals surface area contributed by atoms with Crippen LogP contribution in [0.25, 0.3) is 0 Å². The Hall–Kier alpha value is -1.86. The van der Waals surface area contributed by atoms with Gasteiger partial charge < -0.3 is 4.42 Å². The molecule has 0 radical (unpaired) electrons. The third-order valence-corrected chi connectivity index (χ3v) is 3.19. The summed E-state index contributed by atoms with van der Waals surface area (Å²) >= 11 is 1.13. The highest BCUT2D eigenvalue weighted by atomic mass is 32.1. The molecule has 2 heterocycles. The number of hydrogen-bond acceptors (Lipinski definition) is 5. The number of amides is 1. The second-order valence-electron chi connectivity index (χ2n) is 3.47. The quantitative estimate of drug-likeness (QED) is 0.472. The van der Waals surface area contributed by atoms with Crippen molar-refractivity contribution in [2.45, 2.75) is 13.5 Å². The summed E-state index contributed by atoms with van der Waals surface area (Å²) < 4.78 is 6.85. The number of hydrazine groups is 1. The molecule has 17 heavy (non-hydrogen) atoms. The maximum atomic E-state index is 11.5. The SMILES string of the molecule is Cc1csc(=O)n1Cc1ccc(C(=O)NN)o1. The van der Waals surface area contributed by atoms with E-state index in [0.717, 1.165) is 17.0 Å². The molecule has 1 amide bonds. The van der Waals surface area contributed by atoms with Crippen LogP contribution in [0, 0.1) is 6.92 Å². The molecule has 0 saturated heterocycles. The van der Waals surface area contributed by atoms with Gasteiger partial charge in [-0.1, -0.05) is 11.3 Å². The lowest BCUT2D eigenvalue weighted by molar-refractivity contribution is 0.0924. The molecule has 2 aromatic heterocycles. The number of aryl methyl sites for hydroxylation is 1. The van der Waals surface area contributed by atoms with Crippen molar-refractivity contribution in [3.05, 3.63) is 44.4 Å². The highest BCUT2D eigenvalue weighted by molar-refractivity contribution is 7.07. The Morgan fingerprint density at radius 1 is 1.59 bits per heavy atom. The van der Waals surface area contributed by atoms with Gasteiger partial charge in [0.15, 0.2) is 5.76 Å². The van der Waals surface area contributed by atoms with E-state index in [0.29, 0.717) is 12.3 Å². The second-order valence-corrected chi connectivity index (χ2v) is 4.29. The number of aromatic nitrogens is 1. The summed E-state index contributed by atoms with van der Waals surface area (Å²) in [5, 5.41) is 1.78. The number of carbonyl (C=O) groups is 1. The molecule has 0 bridgehead atoms. The number of hydrogen-bond donors (Lipinski definition) is 2. The molecular weight excluding hydrogens is 242 g/mol. The fourth-order valence-electron chi connectivity index (χ4n) is 1.41. The first kappa shape index (κ1) is 11.6. The summed E-state index contributed by atoms with van der Waals surface area (Å²) in [6.45, 7) is 2.15. The molecule has 0 spiro atoms. The zero-order valence-electron chi connectivity index (χ0n) is 9.10. The van der Waals surface area contributed by atoms with Gasteiger partial charge in [-0.3, -0.25) is 19.6 Å². The molecule has 0 aliphatic heterocycles. The van der Waals surface area contributed by atoms with Gasteiger partial charge in [0.25, 0.3) is 0 Å². The van der Waals surface area contributed by atoms with E-state index in [1.807, 2.05) is 12.3 Å². The van der Waals surface area contributed by atoms with Crippen LogP contribution in [0.15, 0.2) is 26.7 Å². The fraction of sp³-hybridized carbons (Fsp3) is 0.200. The molecule has 0 aliphatic rings. The van der Waals surface area contributed by atoms with Gasteiger partial charge in [0.1, 0.15) is 5.76 Å². The Balaban J connectivity index is 2.23. The van der Waals surface area contributed by atoms with Crippen LogP contribution in [0.2, 0.25) is 0 Å². The Morgan fingerprint density at radius 2 is 2.35 bits per heavy atom. The molecule has 0 aromatic carbocycles. The van der Waals surface area contributed by atoms with Gasteiger partial charge in [-0.25, -0.2) is 5.84 Å². The molecule has 3 N–H and O–H groups in total. The van der Waals surface area contributed by atoms with E-state index in [4.69, 9.17) is 10.3 Å². The predicted molar refractivity (Wildman–Crippen MR) is 62.8 cm³/mol. The van der Waals surface area contributed by atoms with E-state index in [-0.39, 0.29) is 10.6 Å². The van der Waals surface area contributed by atoms with E-state index in [1.54, 1.807) is 16.0 Å². The van der Waals surface area contributed by atoms with Crippen molar-refractivity contribution >= 4 is 17.2 Å². The number of carbonyl (C=O) groups excluding carboxylic acids is 1. The molecular formula is C10H11N3O3S. The van der Waals surface area contributed by atoms with E-state index >= 15 is 0 Å². The predicted octanol–water partition coefficient (Wildman–Crippen LogP) is 0.463. The van der Waals surface area contributed by atoms with Gasteiger partial charge in [-0.2, -0.15) is 0 Å². The van der Waals surface area contributed by atoms with Gasteiger partial charge in [0, 0.05) is 11.1 Å². The zero-order chi connectivity index (χ0) is 12.4. The van der Waals surface area contributed by atoms with Crippen LogP contribution >= 0.6 is 11.3 Å². The number of rotatable bonds is 3. The molecule has 0 saturated carbocycles. The number of furan rings is 1. The number of nitrogen functional groups attached to an aromatic ring is 1. The lowest BCUT2D eigenvalue weighted by Crippen LogP contribution is -2.29. The minimum Gasteiger partial charge on any atom is -0.454 e. The Bertz CT molecular complexity index is 596. The maximum Gasteiger partial charge on any atom is 0.307 e. The van der Waals surface area contributed by atoms with Crippen molar-refractivity contribution in [1.29, 1.82) is 0 Å². The highest BCUT2D eigenvalue weighted by Gasteiger charge is 2.11. The Morgan fingerprint density at radius 3 is 2.94 bits per heavy atom. The molecule has 6 nitrogen and oxygen atoms in total. The molecule has 2 aromatic rings. The Labute approximate surface area is 101 Å². The molecule has 90 valence electrons. The second kappa shape index (κ2) is 4.56. The summed E-state index contributed by atoms with van der Waals surface area (Å²) in [5.41, 5.74) is 2.84. The summed E-state index contributed by atoms with van der Waals surface area (Å²) in [6.07, 6.45) is 0. The Kier molecular flexibility index (Phi) is 3.12. The van der Waals surface area contributed by atoms with Gasteiger partial charge >= 0.3 is 10.8 Å². The minimum absolute atomic E-state index is 0.0521. The first-order chi connectivity index (χ1) is 8.11. The van der Waals surface area contributed by atoms with Crippen molar-refractivity contribution in [1.82, 2.24) is 9.99 Å². The fourth-order valence-corrected chi connectivity index (χ4v) is 2.14. The third-order valence-electron chi connectivity index (χ3n) is 2.31. The van der Waals surface area contributed by atoms with Crippen LogP contribution in [0.4, 0.5) is 0 Å². The van der Waals surface area contributed by atoms with Crippen LogP contribution in [0.3, 0.4) is 0 Å². The van der Waals surface area contributed by atoms with Crippen molar-refractivity contribution in [3.63, 3.8) is 0 Å². The van der Waals surface area contributed by atoms with Gasteiger partial charge in [-0.15, -0.1) is 0 Å². The largest absolute Gasteiger partial charge is 0.454 e. The van der Waals surface area contributed by atoms with E-state index in [1.165, 1.54) is 6.07 Å². The van der Waals surface area contributed by atoms with E-state index in [2.05, 4.69) is 0 Å². The minimum atomic E-state index is -0.495. The third kappa shape index (κ3) is 2.29. The van der Waals surface area contributed by atoms with Gasteiger partial charge in [-0.05, 0) is 19.1 Å². The molecule has 0 unspecified atom stereocenters. The first-order valence-electron chi connectivity index (χ1n) is 4.86. The normalized spacial score (nSPS) is 10.5. The monoisotopic (exact) mass is 253 g/mol. The lowest BCUT2D eigenvalue weighted by Gasteiger charge is -2.00. The van der Waals surface area contributed by atoms with Crippen LogP contribution in [0.1, 0.15) is 22.0 Å². The lowest BCUT2D eigenvalue weighted by atomic mass is 10.4. The van der Waals surface area contributed by atoms with Crippen molar-refractivity contribution in [2.24, 2.45) is 5.84 Å². The van der Waals surface area contributed by atoms with Gasteiger partial charge in [0.05, 0.1) is 6.54 Å². The standard InChI is InChI=1S/C10H11N3O3S/c1-6-5-17-10(15)13(6)4-7-2-3-8(16-7)9(14)12-11/h2-3,5H,4,11H2,1H3,(H,12,14). The summed E-state index contributed by atoms with van der Waals surface area (Å²) in [7, 11) is 0. The molecule has 2 rings (SSSR count). The summed E-state index contributed by atoms with van der Waals surface area (Å²) in [5.74, 6) is 5.15. The number of nitrogens with zero attached hydrogens (tertiary/aromatic N) is 1. The van der Waals surface area contributed by atoms with E-state index < -0.39 is 5.91 Å². The van der Waals surface area contributed by atoms with Crippen LogP contribution in [0.5, 0.6) is 0 Å². The van der Waals surface area contributed by atoms with Crippen LogP contribution in [-0.2, 0) is 6.54 Å². The number of thiazole rings is 1. The van der Waals surface area contributed by atoms with Crippen LogP contribution < -0.4 is 16.1 Å². The first-order valence-corrected chi connectivity index (χ1v) is 5.74. The zero-order valence-corrected chi connectivity index (χ0v) is 9.91. The average Bonchev–Trinajstić information content (AvgIpc) is 2.90. The average molecular weight is 253 g/mol. The number of nitrogens with two attached hydrogens (primary N) is 1. The van der Waals surface area contributed by atoms with Crippen molar-refractivity contribution < 1.29 is 9.21 Å². The van der Waals surface area contributed by atoms with Crippen molar-refractivity contribution in [3.8, 4) is 0 Å². The van der Waals surface area contributed by atoms with E-state index in [9.17, 15) is 9.59 Å². The highest BCUT2D eigenvalue weighted by Crippen LogP contribution is 2.10. The topological polar surface area (TPSA) is 90.3 Å². The summed E-state index contributed by atoms with van der Waals surface area (Å²) in [6, 6.07) is 3.17. The number of nitrogens with one attached hydrogen (secondary N) is 1. The smallest absolute Gasteiger partial charge is 0.307 e. The van der Waals surface area contributed by atoms with Gasteiger partial charge in [0.2, 0.25) is 0 Å². The molecule has 7 heteroatoms. The maximum absolute atomic E-state index is 11.5. The molecule has 0 aliphatic carbocycles. The molecule has 0 fully saturated rings. The van der Waals surface area contributed by atoms with Crippen LogP contribution in [-0.4, -0.2) is 10.5 Å².